The summed E-state index contributed by atoms with van der Waals surface area (Å²) < 4.78 is 17.2. The molecular formula is C35H38FN7O2. The fourth-order valence-electron chi connectivity index (χ4n) is 6.11. The number of urea groups is 1. The number of para-hydroxylation sites is 3. The number of benzene rings is 3. The van der Waals surface area contributed by atoms with Gasteiger partial charge in [0, 0.05) is 37.8 Å². The van der Waals surface area contributed by atoms with E-state index in [-0.39, 0.29) is 17.3 Å². The summed E-state index contributed by atoms with van der Waals surface area (Å²) in [7, 11) is 1.63. The van der Waals surface area contributed by atoms with E-state index in [9.17, 15) is 14.0 Å². The molecule has 10 heteroatoms. The molecule has 1 aliphatic heterocycles. The van der Waals surface area contributed by atoms with Crippen LogP contribution in [-0.2, 0) is 26.4 Å². The van der Waals surface area contributed by atoms with Gasteiger partial charge in [-0.15, -0.1) is 0 Å². The number of halogens is 1. The number of hydrogen-bond donors (Lipinski definition) is 2. The molecule has 45 heavy (non-hydrogen) atoms. The van der Waals surface area contributed by atoms with E-state index < -0.39 is 6.03 Å². The molecule has 0 saturated carbocycles. The first kappa shape index (κ1) is 30.2. The molecule has 1 saturated heterocycles. The molecule has 2 amide bonds. The maximum Gasteiger partial charge on any atom is 0.326 e. The number of anilines is 2. The summed E-state index contributed by atoms with van der Waals surface area (Å²) in [4.78, 5) is 37.7. The van der Waals surface area contributed by atoms with Crippen molar-refractivity contribution >= 4 is 28.7 Å². The van der Waals surface area contributed by atoms with Gasteiger partial charge >= 0.3 is 6.03 Å². The van der Waals surface area contributed by atoms with Gasteiger partial charge in [-0.1, -0.05) is 42.5 Å². The van der Waals surface area contributed by atoms with E-state index >= 15 is 0 Å². The Morgan fingerprint density at radius 2 is 1.64 bits per heavy atom. The number of piperidine rings is 1. The Kier molecular flexibility index (Phi) is 9.02. The Labute approximate surface area is 261 Å². The third kappa shape index (κ3) is 7.12. The van der Waals surface area contributed by atoms with E-state index in [0.29, 0.717) is 35.8 Å². The number of fused-ring (bicyclic) bond motifs is 1. The molecule has 0 aliphatic carbocycles. The molecule has 3 aromatic carbocycles. The van der Waals surface area contributed by atoms with Crippen molar-refractivity contribution in [1.29, 1.82) is 0 Å². The summed E-state index contributed by atoms with van der Waals surface area (Å²) in [6.45, 7) is 5.16. The molecule has 0 bridgehead atoms. The highest BCUT2D eigenvalue weighted by Crippen LogP contribution is 2.25. The van der Waals surface area contributed by atoms with E-state index in [2.05, 4.69) is 31.2 Å². The fourth-order valence-corrected chi connectivity index (χ4v) is 6.11. The number of aryl methyl sites for hydroxylation is 1. The van der Waals surface area contributed by atoms with Crippen molar-refractivity contribution in [3.8, 4) is 0 Å². The second kappa shape index (κ2) is 13.4. The fraction of sp³-hybridized carbons (Fsp3) is 0.314. The van der Waals surface area contributed by atoms with Gasteiger partial charge in [-0.25, -0.2) is 19.2 Å². The summed E-state index contributed by atoms with van der Waals surface area (Å²) in [6.07, 6.45) is 3.59. The lowest BCUT2D eigenvalue weighted by Gasteiger charge is -2.32. The van der Waals surface area contributed by atoms with Gasteiger partial charge in [0.15, 0.2) is 0 Å². The van der Waals surface area contributed by atoms with Gasteiger partial charge in [0.25, 0.3) is 5.56 Å². The van der Waals surface area contributed by atoms with Crippen LogP contribution in [0.3, 0.4) is 0 Å². The maximum absolute atomic E-state index is 13.5. The van der Waals surface area contributed by atoms with Gasteiger partial charge < -0.3 is 14.8 Å². The highest BCUT2D eigenvalue weighted by molar-refractivity contribution is 5.98. The highest BCUT2D eigenvalue weighted by Gasteiger charge is 2.23. The lowest BCUT2D eigenvalue weighted by molar-refractivity contribution is 0.184. The number of imidazole rings is 1. The number of amides is 2. The van der Waals surface area contributed by atoms with Crippen molar-refractivity contribution in [3.63, 3.8) is 0 Å². The molecule has 9 nitrogen and oxygen atoms in total. The predicted octanol–water partition coefficient (Wildman–Crippen LogP) is 5.77. The Balaban J connectivity index is 1.05. The largest absolute Gasteiger partial charge is 0.326 e. The second-order valence-electron chi connectivity index (χ2n) is 11.8. The number of hydrogen-bond acceptors (Lipinski definition) is 5. The monoisotopic (exact) mass is 607 g/mol. The molecule has 1 fully saturated rings. The van der Waals surface area contributed by atoms with Crippen LogP contribution in [0, 0.1) is 18.7 Å². The molecule has 232 valence electrons. The molecular weight excluding hydrogens is 569 g/mol. The Morgan fingerprint density at radius 3 is 2.40 bits per heavy atom. The van der Waals surface area contributed by atoms with E-state index in [1.165, 1.54) is 16.7 Å². The first-order valence-electron chi connectivity index (χ1n) is 15.4. The minimum absolute atomic E-state index is 0.146. The second-order valence-corrected chi connectivity index (χ2v) is 11.8. The Bertz CT molecular complexity index is 1840. The zero-order valence-electron chi connectivity index (χ0n) is 25.7. The van der Waals surface area contributed by atoms with E-state index in [1.807, 2.05) is 55.5 Å². The van der Waals surface area contributed by atoms with Crippen LogP contribution in [0.25, 0.3) is 11.0 Å². The highest BCUT2D eigenvalue weighted by atomic mass is 19.1. The van der Waals surface area contributed by atoms with Crippen LogP contribution >= 0.6 is 0 Å². The van der Waals surface area contributed by atoms with Crippen molar-refractivity contribution in [1.82, 2.24) is 24.0 Å². The first-order valence-corrected chi connectivity index (χ1v) is 15.4. The van der Waals surface area contributed by atoms with Crippen LogP contribution < -0.4 is 16.2 Å². The van der Waals surface area contributed by atoms with Gasteiger partial charge in [0.1, 0.15) is 11.6 Å². The molecule has 0 spiro atoms. The summed E-state index contributed by atoms with van der Waals surface area (Å²) in [6, 6.07) is 23.5. The van der Waals surface area contributed by atoms with Crippen LogP contribution in [0.1, 0.15) is 35.5 Å². The van der Waals surface area contributed by atoms with Gasteiger partial charge in [0.05, 0.1) is 16.7 Å². The average Bonchev–Trinajstić information content (AvgIpc) is 3.38. The standard InChI is InChI=1S/C35H38FN7O2/c1-24-29(33(44)41(2)34(37-24)40-35(45)38-28-8-4-3-5-9-28)18-21-42-19-16-25(17-20-42)22-32-39-30-10-6-7-11-31(30)43(32)23-26-12-14-27(36)15-13-26/h3-15,25H,16-23H2,1-2H3,(H2,37,38,40,45). The van der Waals surface area contributed by atoms with Crippen LogP contribution in [0.5, 0.6) is 0 Å². The van der Waals surface area contributed by atoms with Crippen LogP contribution in [0.4, 0.5) is 20.8 Å². The van der Waals surface area contributed by atoms with Gasteiger partial charge in [-0.05, 0) is 87.2 Å². The number of nitrogens with one attached hydrogen (secondary N) is 2. The van der Waals surface area contributed by atoms with Crippen molar-refractivity contribution in [2.45, 2.75) is 39.2 Å². The molecule has 6 rings (SSSR count). The van der Waals surface area contributed by atoms with E-state index in [0.717, 1.165) is 61.3 Å². The number of rotatable bonds is 9. The molecule has 0 radical (unpaired) electrons. The number of nitrogens with zero attached hydrogens (tertiary/aromatic N) is 5. The number of carbonyl (C=O) groups is 1. The van der Waals surface area contributed by atoms with E-state index in [4.69, 9.17) is 4.98 Å². The summed E-state index contributed by atoms with van der Waals surface area (Å²) in [5.74, 6) is 1.55. The summed E-state index contributed by atoms with van der Waals surface area (Å²) >= 11 is 0. The molecule has 2 aromatic heterocycles. The van der Waals surface area contributed by atoms with Gasteiger partial charge in [-0.3, -0.25) is 14.7 Å². The summed E-state index contributed by atoms with van der Waals surface area (Å²) in [5.41, 5.74) is 4.93. The maximum atomic E-state index is 13.5. The topological polar surface area (TPSA) is 97.1 Å². The SMILES string of the molecule is Cc1nc(NC(=O)Nc2ccccc2)n(C)c(=O)c1CCN1CCC(Cc2nc3ccccc3n2Cc2ccc(F)cc2)CC1. The van der Waals surface area contributed by atoms with Crippen molar-refractivity contribution in [2.75, 3.05) is 30.3 Å². The third-order valence-electron chi connectivity index (χ3n) is 8.69. The van der Waals surface area contributed by atoms with Crippen molar-refractivity contribution in [3.05, 3.63) is 118 Å². The van der Waals surface area contributed by atoms with Crippen molar-refractivity contribution in [2.24, 2.45) is 13.0 Å². The smallest absolute Gasteiger partial charge is 0.323 e. The number of aromatic nitrogens is 4. The number of carbonyl (C=O) groups excluding carboxylic acids is 1. The zero-order valence-corrected chi connectivity index (χ0v) is 25.7. The average molecular weight is 608 g/mol. The minimum Gasteiger partial charge on any atom is -0.323 e. The normalized spacial score (nSPS) is 14.1. The molecule has 1 aliphatic rings. The van der Waals surface area contributed by atoms with Gasteiger partial charge in [-0.2, -0.15) is 0 Å². The molecule has 0 unspecified atom stereocenters. The van der Waals surface area contributed by atoms with Crippen LogP contribution in [0.2, 0.25) is 0 Å². The predicted molar refractivity (Wildman–Crippen MR) is 175 cm³/mol. The third-order valence-corrected chi connectivity index (χ3v) is 8.69. The van der Waals surface area contributed by atoms with Crippen molar-refractivity contribution < 1.29 is 9.18 Å². The quantitative estimate of drug-likeness (QED) is 0.222. The number of likely N-dealkylation sites (tertiary alicyclic amines) is 1. The minimum atomic E-state index is -0.454. The summed E-state index contributed by atoms with van der Waals surface area (Å²) in [5, 5.41) is 5.45. The lowest BCUT2D eigenvalue weighted by Crippen LogP contribution is -2.37. The van der Waals surface area contributed by atoms with E-state index in [1.54, 1.807) is 19.2 Å². The van der Waals surface area contributed by atoms with Crippen LogP contribution in [0.15, 0.2) is 83.7 Å². The molecule has 5 aromatic rings. The van der Waals surface area contributed by atoms with Crippen LogP contribution in [-0.4, -0.2) is 49.7 Å². The Morgan fingerprint density at radius 1 is 0.933 bits per heavy atom. The lowest BCUT2D eigenvalue weighted by atomic mass is 9.93. The molecule has 3 heterocycles. The molecule has 0 atom stereocenters. The first-order chi connectivity index (χ1) is 21.8. The molecule has 2 N–H and O–H groups in total. The Hall–Kier alpha value is -4.83. The zero-order chi connectivity index (χ0) is 31.3. The van der Waals surface area contributed by atoms with Gasteiger partial charge in [0.2, 0.25) is 5.95 Å².